The first-order chi connectivity index (χ1) is 11.3. The van der Waals surface area contributed by atoms with E-state index in [0.29, 0.717) is 6.04 Å². The highest BCUT2D eigenvalue weighted by Crippen LogP contribution is 2.24. The summed E-state index contributed by atoms with van der Waals surface area (Å²) < 4.78 is 0. The van der Waals surface area contributed by atoms with E-state index in [2.05, 4.69) is 14.8 Å². The van der Waals surface area contributed by atoms with E-state index < -0.39 is 0 Å². The fourth-order valence-corrected chi connectivity index (χ4v) is 3.66. The molecule has 0 aliphatic carbocycles. The summed E-state index contributed by atoms with van der Waals surface area (Å²) in [6, 6.07) is 12.3. The first kappa shape index (κ1) is 14.4. The van der Waals surface area contributed by atoms with Gasteiger partial charge in [0, 0.05) is 50.2 Å². The summed E-state index contributed by atoms with van der Waals surface area (Å²) in [4.78, 5) is 21.6. The quantitative estimate of drug-likeness (QED) is 0.856. The van der Waals surface area contributed by atoms with Gasteiger partial charge >= 0.3 is 0 Å². The van der Waals surface area contributed by atoms with Crippen LogP contribution in [0.2, 0.25) is 0 Å². The van der Waals surface area contributed by atoms with Crippen molar-refractivity contribution in [2.75, 3.05) is 26.2 Å². The Labute approximate surface area is 136 Å². The summed E-state index contributed by atoms with van der Waals surface area (Å²) in [7, 11) is 0. The third-order valence-electron chi connectivity index (χ3n) is 5.04. The van der Waals surface area contributed by atoms with Gasteiger partial charge in [-0.25, -0.2) is 0 Å². The second-order valence-corrected chi connectivity index (χ2v) is 6.39. The Bertz CT molecular complexity index is 676. The molecule has 1 amide bonds. The van der Waals surface area contributed by atoms with Gasteiger partial charge in [-0.3, -0.25) is 9.78 Å². The molecule has 118 valence electrons. The van der Waals surface area contributed by atoms with Crippen molar-refractivity contribution in [1.82, 2.24) is 14.8 Å². The monoisotopic (exact) mass is 307 g/mol. The molecule has 1 aromatic carbocycles. The van der Waals surface area contributed by atoms with Crippen LogP contribution in [0.1, 0.15) is 23.2 Å². The normalized spacial score (nSPS) is 23.6. The lowest BCUT2D eigenvalue weighted by Gasteiger charge is -2.31. The van der Waals surface area contributed by atoms with Crippen LogP contribution in [-0.2, 0) is 0 Å². The van der Waals surface area contributed by atoms with Gasteiger partial charge in [-0.15, -0.1) is 0 Å². The second kappa shape index (κ2) is 6.13. The standard InChI is InChI=1S/C19H21N3O/c23-19(22-13-12-21-10-7-18(22)8-11-21)16-5-3-15(4-6-16)17-2-1-9-20-14-17/h1-6,9,14,18H,7-8,10-13H2. The molecule has 4 nitrogen and oxygen atoms in total. The predicted molar refractivity (Wildman–Crippen MR) is 90.2 cm³/mol. The number of piperidine rings is 1. The van der Waals surface area contributed by atoms with E-state index in [1.807, 2.05) is 42.6 Å². The lowest BCUT2D eigenvalue weighted by atomic mass is 10.0. The number of hydrogen-bond donors (Lipinski definition) is 0. The van der Waals surface area contributed by atoms with Crippen LogP contribution in [0, 0.1) is 0 Å². The van der Waals surface area contributed by atoms with E-state index in [9.17, 15) is 4.79 Å². The van der Waals surface area contributed by atoms with Gasteiger partial charge in [-0.2, -0.15) is 0 Å². The minimum Gasteiger partial charge on any atom is -0.334 e. The zero-order valence-electron chi connectivity index (χ0n) is 13.2. The molecular formula is C19H21N3O. The van der Waals surface area contributed by atoms with Crippen molar-refractivity contribution in [2.24, 2.45) is 0 Å². The van der Waals surface area contributed by atoms with Crippen LogP contribution in [0.3, 0.4) is 0 Å². The fraction of sp³-hybridized carbons (Fsp3) is 0.368. The average molecular weight is 307 g/mol. The van der Waals surface area contributed by atoms with E-state index in [-0.39, 0.29) is 5.91 Å². The molecule has 0 atom stereocenters. The van der Waals surface area contributed by atoms with Crippen LogP contribution < -0.4 is 0 Å². The van der Waals surface area contributed by atoms with Crippen LogP contribution in [0.4, 0.5) is 0 Å². The predicted octanol–water partition coefficient (Wildman–Crippen LogP) is 2.67. The number of hydrogen-bond acceptors (Lipinski definition) is 3. The van der Waals surface area contributed by atoms with Gasteiger partial charge in [0.15, 0.2) is 0 Å². The van der Waals surface area contributed by atoms with Gasteiger partial charge < -0.3 is 9.80 Å². The van der Waals surface area contributed by atoms with Crippen molar-refractivity contribution in [3.8, 4) is 11.1 Å². The van der Waals surface area contributed by atoms with Crippen LogP contribution in [0.5, 0.6) is 0 Å². The van der Waals surface area contributed by atoms with Gasteiger partial charge in [0.1, 0.15) is 0 Å². The van der Waals surface area contributed by atoms with Crippen molar-refractivity contribution < 1.29 is 4.79 Å². The smallest absolute Gasteiger partial charge is 0.254 e. The molecule has 3 saturated heterocycles. The van der Waals surface area contributed by atoms with Crippen molar-refractivity contribution in [1.29, 1.82) is 0 Å². The van der Waals surface area contributed by atoms with Crippen LogP contribution in [0.15, 0.2) is 48.8 Å². The van der Waals surface area contributed by atoms with E-state index in [0.717, 1.165) is 55.7 Å². The van der Waals surface area contributed by atoms with Crippen LogP contribution >= 0.6 is 0 Å². The Morgan fingerprint density at radius 1 is 0.957 bits per heavy atom. The molecule has 2 aromatic rings. The third kappa shape index (κ3) is 2.86. The zero-order chi connectivity index (χ0) is 15.6. The van der Waals surface area contributed by atoms with Crippen LogP contribution in [0.25, 0.3) is 11.1 Å². The topological polar surface area (TPSA) is 36.4 Å². The first-order valence-corrected chi connectivity index (χ1v) is 8.35. The Balaban J connectivity index is 1.54. The summed E-state index contributed by atoms with van der Waals surface area (Å²) in [5, 5.41) is 0. The van der Waals surface area contributed by atoms with Gasteiger partial charge in [0.25, 0.3) is 5.91 Å². The number of carbonyl (C=O) groups excluding carboxylic acids is 1. The summed E-state index contributed by atoms with van der Waals surface area (Å²) in [5.74, 6) is 0.177. The number of pyridine rings is 1. The first-order valence-electron chi connectivity index (χ1n) is 8.35. The number of amides is 1. The maximum Gasteiger partial charge on any atom is 0.254 e. The molecule has 3 aliphatic heterocycles. The van der Waals surface area contributed by atoms with E-state index in [4.69, 9.17) is 0 Å². The highest BCUT2D eigenvalue weighted by atomic mass is 16.2. The van der Waals surface area contributed by atoms with Crippen LogP contribution in [-0.4, -0.2) is 52.9 Å². The summed E-state index contributed by atoms with van der Waals surface area (Å²) in [6.45, 7) is 4.13. The van der Waals surface area contributed by atoms with Gasteiger partial charge in [0.05, 0.1) is 0 Å². The molecule has 0 spiro atoms. The molecule has 0 unspecified atom stereocenters. The van der Waals surface area contributed by atoms with Gasteiger partial charge in [0.2, 0.25) is 0 Å². The molecule has 1 aromatic heterocycles. The molecule has 0 N–H and O–H groups in total. The number of carbonyl (C=O) groups is 1. The molecule has 5 rings (SSSR count). The maximum absolute atomic E-state index is 12.9. The molecule has 23 heavy (non-hydrogen) atoms. The van der Waals surface area contributed by atoms with Gasteiger partial charge in [-0.05, 0) is 42.2 Å². The number of aromatic nitrogens is 1. The molecule has 4 heterocycles. The zero-order valence-corrected chi connectivity index (χ0v) is 13.2. The van der Waals surface area contributed by atoms with Crippen molar-refractivity contribution in [3.63, 3.8) is 0 Å². The second-order valence-electron chi connectivity index (χ2n) is 6.39. The highest BCUT2D eigenvalue weighted by molar-refractivity contribution is 5.95. The lowest BCUT2D eigenvalue weighted by molar-refractivity contribution is 0.0685. The fourth-order valence-electron chi connectivity index (χ4n) is 3.66. The molecule has 0 saturated carbocycles. The van der Waals surface area contributed by atoms with Crippen molar-refractivity contribution in [3.05, 3.63) is 54.4 Å². The Hall–Kier alpha value is -2.20. The van der Waals surface area contributed by atoms with E-state index in [1.165, 1.54) is 0 Å². The number of benzene rings is 1. The Morgan fingerprint density at radius 3 is 2.43 bits per heavy atom. The molecule has 0 radical (unpaired) electrons. The highest BCUT2D eigenvalue weighted by Gasteiger charge is 2.32. The van der Waals surface area contributed by atoms with Crippen molar-refractivity contribution >= 4 is 5.91 Å². The Morgan fingerprint density at radius 2 is 1.74 bits per heavy atom. The molecule has 4 heteroatoms. The minimum atomic E-state index is 0.177. The Kier molecular flexibility index (Phi) is 3.83. The van der Waals surface area contributed by atoms with Gasteiger partial charge in [-0.1, -0.05) is 18.2 Å². The maximum atomic E-state index is 12.9. The number of fused-ring (bicyclic) bond motifs is 4. The number of nitrogens with zero attached hydrogens (tertiary/aromatic N) is 3. The SMILES string of the molecule is O=C(c1ccc(-c2cccnc2)cc1)N1CCN2CCC1CC2. The third-order valence-corrected chi connectivity index (χ3v) is 5.04. The molecular weight excluding hydrogens is 286 g/mol. The summed E-state index contributed by atoms with van der Waals surface area (Å²) in [6.07, 6.45) is 5.84. The largest absolute Gasteiger partial charge is 0.334 e. The van der Waals surface area contributed by atoms with E-state index >= 15 is 0 Å². The van der Waals surface area contributed by atoms with Crippen molar-refractivity contribution in [2.45, 2.75) is 18.9 Å². The van der Waals surface area contributed by atoms with E-state index in [1.54, 1.807) is 6.20 Å². The lowest BCUT2D eigenvalue weighted by Crippen LogP contribution is -2.41. The molecule has 3 fully saturated rings. The average Bonchev–Trinajstić information content (AvgIpc) is 2.96. The molecule has 3 aliphatic rings. The minimum absolute atomic E-state index is 0.177. The number of rotatable bonds is 2. The molecule has 2 bridgehead atoms. The summed E-state index contributed by atoms with van der Waals surface area (Å²) in [5.41, 5.74) is 2.96. The summed E-state index contributed by atoms with van der Waals surface area (Å²) >= 11 is 0.